The number of carbonyl (C=O) groups is 1. The molecule has 0 saturated carbocycles. The molecule has 0 unspecified atom stereocenters. The number of ether oxygens (including phenoxy) is 1. The van der Waals surface area contributed by atoms with Crippen LogP contribution in [0.2, 0.25) is 0 Å². The third kappa shape index (κ3) is 3.78. The Morgan fingerprint density at radius 3 is 2.48 bits per heavy atom. The van der Waals surface area contributed by atoms with E-state index in [0.29, 0.717) is 11.3 Å². The van der Waals surface area contributed by atoms with Crippen molar-refractivity contribution in [2.24, 2.45) is 0 Å². The molecular weight excluding hydrogens is 298 g/mol. The maximum Gasteiger partial charge on any atom is 0.335 e. The van der Waals surface area contributed by atoms with Crippen molar-refractivity contribution in [2.75, 3.05) is 13.4 Å². The molecule has 8 nitrogen and oxygen atoms in total. The number of aromatic nitrogens is 2. The summed E-state index contributed by atoms with van der Waals surface area (Å²) in [7, 11) is -2.02. The molecule has 2 rings (SSSR count). The van der Waals surface area contributed by atoms with Crippen molar-refractivity contribution < 1.29 is 22.4 Å². The Hall–Kier alpha value is -2.42. The number of amides is 1. The van der Waals surface area contributed by atoms with Crippen molar-refractivity contribution in [1.82, 2.24) is 15.5 Å². The molecule has 112 valence electrons. The van der Waals surface area contributed by atoms with Gasteiger partial charge >= 0.3 is 5.22 Å². The Labute approximate surface area is 121 Å². The third-order valence-corrected chi connectivity index (χ3v) is 3.32. The van der Waals surface area contributed by atoms with E-state index in [1.54, 1.807) is 24.3 Å². The monoisotopic (exact) mass is 311 g/mol. The van der Waals surface area contributed by atoms with E-state index in [0.717, 1.165) is 6.26 Å². The number of nitrogens with zero attached hydrogens (tertiary/aromatic N) is 2. The van der Waals surface area contributed by atoms with E-state index in [1.165, 1.54) is 7.11 Å². The van der Waals surface area contributed by atoms with E-state index < -0.39 is 15.1 Å². The lowest BCUT2D eigenvalue weighted by atomic mass is 10.2. The minimum absolute atomic E-state index is 0.0114. The molecule has 0 aliphatic rings. The molecule has 1 heterocycles. The van der Waals surface area contributed by atoms with Gasteiger partial charge in [0.2, 0.25) is 15.7 Å². The largest absolute Gasteiger partial charge is 0.497 e. The maximum atomic E-state index is 11.9. The zero-order valence-corrected chi connectivity index (χ0v) is 12.2. The second-order valence-electron chi connectivity index (χ2n) is 4.15. The number of rotatable bonds is 5. The molecule has 0 aliphatic carbocycles. The van der Waals surface area contributed by atoms with E-state index in [1.807, 2.05) is 0 Å². The van der Waals surface area contributed by atoms with Gasteiger partial charge in [0.1, 0.15) is 5.75 Å². The molecule has 0 saturated heterocycles. The quantitative estimate of drug-likeness (QED) is 0.851. The highest BCUT2D eigenvalue weighted by atomic mass is 32.2. The van der Waals surface area contributed by atoms with Gasteiger partial charge in [-0.25, -0.2) is 8.42 Å². The fraction of sp³-hybridized carbons (Fsp3) is 0.250. The summed E-state index contributed by atoms with van der Waals surface area (Å²) < 4.78 is 32.3. The van der Waals surface area contributed by atoms with Gasteiger partial charge in [-0.2, -0.15) is 0 Å². The summed E-state index contributed by atoms with van der Waals surface area (Å²) >= 11 is 0. The van der Waals surface area contributed by atoms with Gasteiger partial charge in [-0.05, 0) is 24.3 Å². The van der Waals surface area contributed by atoms with Gasteiger partial charge in [0.25, 0.3) is 5.91 Å². The molecule has 0 spiro atoms. The predicted molar refractivity (Wildman–Crippen MR) is 71.6 cm³/mol. The summed E-state index contributed by atoms with van der Waals surface area (Å²) in [5.74, 6) is 0.301. The topological polar surface area (TPSA) is 111 Å². The lowest BCUT2D eigenvalue weighted by molar-refractivity contribution is 0.0946. The summed E-state index contributed by atoms with van der Waals surface area (Å²) in [6.07, 6.45) is 0.959. The van der Waals surface area contributed by atoms with Crippen LogP contribution in [0.4, 0.5) is 0 Å². The molecule has 0 atom stereocenters. The Balaban J connectivity index is 1.99. The normalized spacial score (nSPS) is 11.1. The number of hydrogen-bond acceptors (Lipinski definition) is 7. The highest BCUT2D eigenvalue weighted by Gasteiger charge is 2.16. The zero-order chi connectivity index (χ0) is 15.5. The van der Waals surface area contributed by atoms with Crippen LogP contribution in [0, 0.1) is 0 Å². The molecule has 1 amide bonds. The molecule has 21 heavy (non-hydrogen) atoms. The number of hydrogen-bond donors (Lipinski definition) is 1. The van der Waals surface area contributed by atoms with Crippen molar-refractivity contribution in [3.05, 3.63) is 35.7 Å². The summed E-state index contributed by atoms with van der Waals surface area (Å²) in [5, 5.41) is 9.00. The van der Waals surface area contributed by atoms with Gasteiger partial charge in [-0.1, -0.05) is 5.10 Å². The van der Waals surface area contributed by atoms with Crippen LogP contribution in [0.5, 0.6) is 5.75 Å². The first-order valence-electron chi connectivity index (χ1n) is 5.85. The molecule has 1 aromatic heterocycles. The Morgan fingerprint density at radius 1 is 1.29 bits per heavy atom. The van der Waals surface area contributed by atoms with Crippen LogP contribution in [0.15, 0.2) is 33.9 Å². The van der Waals surface area contributed by atoms with Crippen LogP contribution in [0.1, 0.15) is 16.2 Å². The molecule has 9 heteroatoms. The molecule has 0 aliphatic heterocycles. The first-order valence-corrected chi connectivity index (χ1v) is 7.74. The van der Waals surface area contributed by atoms with Gasteiger partial charge in [0.15, 0.2) is 0 Å². The van der Waals surface area contributed by atoms with Crippen molar-refractivity contribution >= 4 is 15.7 Å². The lowest BCUT2D eigenvalue weighted by Gasteiger charge is -2.03. The molecule has 2 aromatic rings. The van der Waals surface area contributed by atoms with Crippen LogP contribution in [0.3, 0.4) is 0 Å². The molecule has 0 bridgehead atoms. The number of nitrogens with one attached hydrogen (secondary N) is 1. The molecule has 1 N–H and O–H groups in total. The molecule has 0 radical (unpaired) electrons. The Kier molecular flexibility index (Phi) is 4.22. The standard InChI is InChI=1S/C12H13N3O5S/c1-19-9-5-3-8(4-6-9)11(16)13-7-10-14-15-12(20-10)21(2,17)18/h3-6H,7H2,1-2H3,(H,13,16). The second kappa shape index (κ2) is 5.92. The van der Waals surface area contributed by atoms with Crippen molar-refractivity contribution in [1.29, 1.82) is 0 Å². The summed E-state index contributed by atoms with van der Waals surface area (Å²) in [5.41, 5.74) is 0.429. The first kappa shape index (κ1) is 15.0. The van der Waals surface area contributed by atoms with Crippen molar-refractivity contribution in [2.45, 2.75) is 11.8 Å². The molecule has 0 fully saturated rings. The minimum atomic E-state index is -3.55. The van der Waals surface area contributed by atoms with Crippen LogP contribution in [0.25, 0.3) is 0 Å². The number of benzene rings is 1. The fourth-order valence-electron chi connectivity index (χ4n) is 1.46. The van der Waals surface area contributed by atoms with Gasteiger partial charge < -0.3 is 14.5 Å². The van der Waals surface area contributed by atoms with E-state index in [-0.39, 0.29) is 18.3 Å². The number of carbonyl (C=O) groups excluding carboxylic acids is 1. The summed E-state index contributed by atoms with van der Waals surface area (Å²) in [4.78, 5) is 11.9. The van der Waals surface area contributed by atoms with Crippen molar-refractivity contribution in [3.8, 4) is 5.75 Å². The summed E-state index contributed by atoms with van der Waals surface area (Å²) in [6, 6.07) is 6.51. The highest BCUT2D eigenvalue weighted by Crippen LogP contribution is 2.11. The second-order valence-corrected chi connectivity index (χ2v) is 6.04. The zero-order valence-electron chi connectivity index (χ0n) is 11.4. The first-order chi connectivity index (χ1) is 9.90. The smallest absolute Gasteiger partial charge is 0.335 e. The van der Waals surface area contributed by atoms with Crippen LogP contribution in [-0.2, 0) is 16.4 Å². The Bertz CT molecular complexity index is 737. The average Bonchev–Trinajstić information content (AvgIpc) is 2.94. The average molecular weight is 311 g/mol. The third-order valence-electron chi connectivity index (χ3n) is 2.52. The fourth-order valence-corrected chi connectivity index (χ4v) is 1.90. The van der Waals surface area contributed by atoms with E-state index in [2.05, 4.69) is 15.5 Å². The Morgan fingerprint density at radius 2 is 1.95 bits per heavy atom. The van der Waals surface area contributed by atoms with Gasteiger partial charge in [0, 0.05) is 11.8 Å². The van der Waals surface area contributed by atoms with Crippen molar-refractivity contribution in [3.63, 3.8) is 0 Å². The van der Waals surface area contributed by atoms with Gasteiger partial charge in [-0.3, -0.25) is 4.79 Å². The summed E-state index contributed by atoms with van der Waals surface area (Å²) in [6.45, 7) is -0.0621. The minimum Gasteiger partial charge on any atom is -0.497 e. The predicted octanol–water partition coefficient (Wildman–Crippen LogP) is 0.412. The van der Waals surface area contributed by atoms with E-state index in [9.17, 15) is 13.2 Å². The molecule has 1 aromatic carbocycles. The highest BCUT2D eigenvalue weighted by molar-refractivity contribution is 7.90. The van der Waals surface area contributed by atoms with Crippen LogP contribution in [-0.4, -0.2) is 37.9 Å². The van der Waals surface area contributed by atoms with E-state index >= 15 is 0 Å². The van der Waals surface area contributed by atoms with E-state index in [4.69, 9.17) is 9.15 Å². The number of sulfone groups is 1. The van der Waals surface area contributed by atoms with Gasteiger partial charge in [-0.15, -0.1) is 5.10 Å². The maximum absolute atomic E-state index is 11.9. The number of methoxy groups -OCH3 is 1. The van der Waals surface area contributed by atoms with Crippen LogP contribution >= 0.6 is 0 Å². The van der Waals surface area contributed by atoms with Gasteiger partial charge in [0.05, 0.1) is 13.7 Å². The lowest BCUT2D eigenvalue weighted by Crippen LogP contribution is -2.22. The van der Waals surface area contributed by atoms with Crippen LogP contribution < -0.4 is 10.1 Å². The SMILES string of the molecule is COc1ccc(C(=O)NCc2nnc(S(C)(=O)=O)o2)cc1. The molecular formula is C12H13N3O5S.